The number of rotatable bonds is 6. The maximum Gasteiger partial charge on any atom is 0.251 e. The molecule has 1 aromatic carbocycles. The van der Waals surface area contributed by atoms with Crippen molar-refractivity contribution in [2.45, 2.75) is 31.9 Å². The van der Waals surface area contributed by atoms with E-state index in [1.165, 1.54) is 0 Å². The topological polar surface area (TPSA) is 71.1 Å². The van der Waals surface area contributed by atoms with Gasteiger partial charge in [-0.3, -0.25) is 9.59 Å². The molecule has 29 heavy (non-hydrogen) atoms. The molecular weight excluding hydrogens is 370 g/mol. The van der Waals surface area contributed by atoms with Crippen LogP contribution in [0, 0.1) is 12.3 Å². The SMILES string of the molecule is Cc1ccc(C2C(C(=O)NCC3(CN(C)C)CCOCC3)OCC(=O)N2C)cc1. The van der Waals surface area contributed by atoms with Crippen LogP contribution in [0.3, 0.4) is 0 Å². The second kappa shape index (κ2) is 9.24. The van der Waals surface area contributed by atoms with E-state index in [0.717, 1.165) is 30.5 Å². The molecule has 2 heterocycles. The van der Waals surface area contributed by atoms with Gasteiger partial charge in [0.15, 0.2) is 6.10 Å². The summed E-state index contributed by atoms with van der Waals surface area (Å²) in [4.78, 5) is 29.2. The molecule has 0 aliphatic carbocycles. The average molecular weight is 404 g/mol. The molecule has 7 heteroatoms. The summed E-state index contributed by atoms with van der Waals surface area (Å²) in [6.07, 6.45) is 1.10. The highest BCUT2D eigenvalue weighted by Crippen LogP contribution is 2.32. The number of nitrogens with one attached hydrogen (secondary N) is 1. The van der Waals surface area contributed by atoms with Crippen molar-refractivity contribution in [2.75, 3.05) is 54.1 Å². The molecule has 0 radical (unpaired) electrons. The summed E-state index contributed by atoms with van der Waals surface area (Å²) >= 11 is 0. The molecule has 1 aromatic rings. The van der Waals surface area contributed by atoms with Crippen LogP contribution in [-0.2, 0) is 19.1 Å². The van der Waals surface area contributed by atoms with Crippen LogP contribution < -0.4 is 5.32 Å². The van der Waals surface area contributed by atoms with E-state index < -0.39 is 12.1 Å². The summed E-state index contributed by atoms with van der Waals surface area (Å²) in [5, 5.41) is 3.13. The summed E-state index contributed by atoms with van der Waals surface area (Å²) in [7, 11) is 5.84. The Balaban J connectivity index is 1.74. The van der Waals surface area contributed by atoms with Crippen molar-refractivity contribution in [1.82, 2.24) is 15.1 Å². The van der Waals surface area contributed by atoms with E-state index in [-0.39, 0.29) is 23.8 Å². The highest BCUT2D eigenvalue weighted by Gasteiger charge is 2.41. The van der Waals surface area contributed by atoms with Gasteiger partial charge >= 0.3 is 0 Å². The Kier molecular flexibility index (Phi) is 6.93. The zero-order chi connectivity index (χ0) is 21.0. The molecule has 2 atom stereocenters. The molecular formula is C22H33N3O4. The minimum atomic E-state index is -0.725. The van der Waals surface area contributed by atoms with Crippen molar-refractivity contribution in [3.8, 4) is 0 Å². The Morgan fingerprint density at radius 3 is 2.52 bits per heavy atom. The number of hydrogen-bond donors (Lipinski definition) is 1. The molecule has 3 rings (SSSR count). The molecule has 0 saturated carbocycles. The monoisotopic (exact) mass is 403 g/mol. The Bertz CT molecular complexity index is 713. The van der Waals surface area contributed by atoms with Crippen molar-refractivity contribution >= 4 is 11.8 Å². The predicted octanol–water partition coefficient (Wildman–Crippen LogP) is 1.37. The Morgan fingerprint density at radius 1 is 1.24 bits per heavy atom. The van der Waals surface area contributed by atoms with E-state index in [9.17, 15) is 9.59 Å². The van der Waals surface area contributed by atoms with Crippen LogP contribution in [0.2, 0.25) is 0 Å². The standard InChI is InChI=1S/C22H33N3O4/c1-16-5-7-17(8-6-16)19-20(29-13-18(26)25(19)4)21(27)23-14-22(15-24(2)3)9-11-28-12-10-22/h5-8,19-20H,9-15H2,1-4H3,(H,23,27). The summed E-state index contributed by atoms with van der Waals surface area (Å²) in [5.41, 5.74) is 2.03. The number of carbonyl (C=O) groups is 2. The number of carbonyl (C=O) groups excluding carboxylic acids is 2. The number of likely N-dealkylation sites (N-methyl/N-ethyl adjacent to an activating group) is 1. The van der Waals surface area contributed by atoms with Crippen molar-refractivity contribution < 1.29 is 19.1 Å². The van der Waals surface area contributed by atoms with Gasteiger partial charge in [0.2, 0.25) is 5.91 Å². The number of morpholine rings is 1. The van der Waals surface area contributed by atoms with Gasteiger partial charge < -0.3 is 24.6 Å². The third-order valence-corrected chi connectivity index (χ3v) is 6.00. The number of ether oxygens (including phenoxy) is 2. The van der Waals surface area contributed by atoms with Crippen LogP contribution in [0.1, 0.15) is 30.0 Å². The van der Waals surface area contributed by atoms with Crippen LogP contribution >= 0.6 is 0 Å². The highest BCUT2D eigenvalue weighted by atomic mass is 16.5. The fraction of sp³-hybridized carbons (Fsp3) is 0.636. The minimum absolute atomic E-state index is 0.00679. The number of nitrogens with zero attached hydrogens (tertiary/aromatic N) is 2. The maximum atomic E-state index is 13.2. The van der Waals surface area contributed by atoms with Gasteiger partial charge in [-0.2, -0.15) is 0 Å². The molecule has 2 aliphatic rings. The third kappa shape index (κ3) is 5.15. The van der Waals surface area contributed by atoms with E-state index >= 15 is 0 Å². The van der Waals surface area contributed by atoms with E-state index in [1.54, 1.807) is 11.9 Å². The van der Waals surface area contributed by atoms with Crippen LogP contribution in [0.25, 0.3) is 0 Å². The second-order valence-corrected chi connectivity index (χ2v) is 8.66. The lowest BCUT2D eigenvalue weighted by molar-refractivity contribution is -0.162. The van der Waals surface area contributed by atoms with Crippen LogP contribution in [-0.4, -0.2) is 81.8 Å². The number of amides is 2. The Hall–Kier alpha value is -1.96. The molecule has 7 nitrogen and oxygen atoms in total. The third-order valence-electron chi connectivity index (χ3n) is 6.00. The van der Waals surface area contributed by atoms with Crippen LogP contribution in [0.4, 0.5) is 0 Å². The molecule has 0 bridgehead atoms. The molecule has 2 saturated heterocycles. The van der Waals surface area contributed by atoms with E-state index in [2.05, 4.69) is 24.3 Å². The van der Waals surface area contributed by atoms with Gasteiger partial charge in [-0.05, 0) is 39.4 Å². The molecule has 0 spiro atoms. The molecule has 1 N–H and O–H groups in total. The largest absolute Gasteiger partial charge is 0.381 e. The zero-order valence-corrected chi connectivity index (χ0v) is 17.9. The first-order valence-electron chi connectivity index (χ1n) is 10.3. The highest BCUT2D eigenvalue weighted by molar-refractivity contribution is 5.86. The second-order valence-electron chi connectivity index (χ2n) is 8.66. The summed E-state index contributed by atoms with van der Waals surface area (Å²) < 4.78 is 11.3. The van der Waals surface area contributed by atoms with Crippen molar-refractivity contribution in [3.05, 3.63) is 35.4 Å². The summed E-state index contributed by atoms with van der Waals surface area (Å²) in [5.74, 6) is -0.285. The fourth-order valence-electron chi connectivity index (χ4n) is 4.33. The molecule has 0 aromatic heterocycles. The van der Waals surface area contributed by atoms with Gasteiger partial charge in [-0.1, -0.05) is 29.8 Å². The molecule has 2 fully saturated rings. The van der Waals surface area contributed by atoms with E-state index in [4.69, 9.17) is 9.47 Å². The summed E-state index contributed by atoms with van der Waals surface area (Å²) in [6.45, 7) is 4.83. The zero-order valence-electron chi connectivity index (χ0n) is 17.9. The van der Waals surface area contributed by atoms with Gasteiger partial charge in [-0.25, -0.2) is 0 Å². The van der Waals surface area contributed by atoms with Gasteiger partial charge in [-0.15, -0.1) is 0 Å². The molecule has 2 aliphatic heterocycles. The fourth-order valence-corrected chi connectivity index (χ4v) is 4.33. The smallest absolute Gasteiger partial charge is 0.251 e. The lowest BCUT2D eigenvalue weighted by Gasteiger charge is -2.41. The predicted molar refractivity (Wildman–Crippen MR) is 110 cm³/mol. The van der Waals surface area contributed by atoms with Crippen LogP contribution in [0.5, 0.6) is 0 Å². The first-order valence-corrected chi connectivity index (χ1v) is 10.3. The van der Waals surface area contributed by atoms with Gasteiger partial charge in [0.05, 0.1) is 6.04 Å². The lowest BCUT2D eigenvalue weighted by Crippen LogP contribution is -2.55. The van der Waals surface area contributed by atoms with Crippen LogP contribution in [0.15, 0.2) is 24.3 Å². The Labute approximate surface area is 173 Å². The number of benzene rings is 1. The van der Waals surface area contributed by atoms with Crippen molar-refractivity contribution in [1.29, 1.82) is 0 Å². The molecule has 2 amide bonds. The first kappa shape index (κ1) is 21.7. The van der Waals surface area contributed by atoms with Crippen molar-refractivity contribution in [3.63, 3.8) is 0 Å². The van der Waals surface area contributed by atoms with Crippen molar-refractivity contribution in [2.24, 2.45) is 5.41 Å². The summed E-state index contributed by atoms with van der Waals surface area (Å²) in [6, 6.07) is 7.47. The maximum absolute atomic E-state index is 13.2. The quantitative estimate of drug-likeness (QED) is 0.777. The number of aryl methyl sites for hydroxylation is 1. The van der Waals surface area contributed by atoms with E-state index in [1.807, 2.05) is 31.2 Å². The van der Waals surface area contributed by atoms with Gasteiger partial charge in [0, 0.05) is 38.8 Å². The van der Waals surface area contributed by atoms with Gasteiger partial charge in [0.1, 0.15) is 6.61 Å². The minimum Gasteiger partial charge on any atom is -0.381 e. The Morgan fingerprint density at radius 2 is 1.90 bits per heavy atom. The molecule has 160 valence electrons. The lowest BCUT2D eigenvalue weighted by atomic mass is 9.79. The average Bonchev–Trinajstić information content (AvgIpc) is 2.69. The molecule has 2 unspecified atom stereocenters. The number of hydrogen-bond acceptors (Lipinski definition) is 5. The normalized spacial score (nSPS) is 24.6. The first-order chi connectivity index (χ1) is 13.8. The van der Waals surface area contributed by atoms with E-state index in [0.29, 0.717) is 19.8 Å². The van der Waals surface area contributed by atoms with Gasteiger partial charge in [0.25, 0.3) is 5.91 Å².